The van der Waals surface area contributed by atoms with E-state index in [1.807, 2.05) is 13.8 Å². The van der Waals surface area contributed by atoms with E-state index in [-0.39, 0.29) is 5.92 Å². The summed E-state index contributed by atoms with van der Waals surface area (Å²) in [6.45, 7) is 3.69. The van der Waals surface area contributed by atoms with Gasteiger partial charge in [-0.2, -0.15) is 13.2 Å². The van der Waals surface area contributed by atoms with E-state index in [2.05, 4.69) is 15.9 Å². The van der Waals surface area contributed by atoms with Crippen molar-refractivity contribution in [2.75, 3.05) is 25.5 Å². The highest BCUT2D eigenvalue weighted by molar-refractivity contribution is 9.09. The van der Waals surface area contributed by atoms with Crippen molar-refractivity contribution >= 4 is 15.9 Å². The Kier molecular flexibility index (Phi) is 6.05. The minimum Gasteiger partial charge on any atom is -0.298 e. The molecule has 1 nitrogen and oxygen atoms in total. The predicted molar refractivity (Wildman–Crippen MR) is 55.7 cm³/mol. The van der Waals surface area contributed by atoms with E-state index in [4.69, 9.17) is 0 Å². The van der Waals surface area contributed by atoms with Gasteiger partial charge in [0.05, 0.1) is 6.54 Å². The third kappa shape index (κ3) is 6.65. The van der Waals surface area contributed by atoms with Gasteiger partial charge in [-0.3, -0.25) is 4.90 Å². The molecular formula is C9H17BrF3N. The quantitative estimate of drug-likeness (QED) is 0.697. The highest BCUT2D eigenvalue weighted by Gasteiger charge is 2.30. The monoisotopic (exact) mass is 275 g/mol. The van der Waals surface area contributed by atoms with Crippen LogP contribution < -0.4 is 0 Å². The lowest BCUT2D eigenvalue weighted by Crippen LogP contribution is -2.36. The molecule has 0 amide bonds. The van der Waals surface area contributed by atoms with Gasteiger partial charge in [0, 0.05) is 11.9 Å². The summed E-state index contributed by atoms with van der Waals surface area (Å²) in [6.07, 6.45) is -4.09. The molecule has 0 aliphatic rings. The van der Waals surface area contributed by atoms with Gasteiger partial charge >= 0.3 is 6.18 Å². The number of nitrogens with zero attached hydrogens (tertiary/aromatic N) is 1. The zero-order valence-corrected chi connectivity index (χ0v) is 10.3. The van der Waals surface area contributed by atoms with Crippen molar-refractivity contribution in [3.63, 3.8) is 0 Å². The van der Waals surface area contributed by atoms with E-state index in [0.717, 1.165) is 5.33 Å². The summed E-state index contributed by atoms with van der Waals surface area (Å²) in [7, 11) is 1.51. The third-order valence-corrected chi connectivity index (χ3v) is 2.97. The maximum absolute atomic E-state index is 12.0. The maximum Gasteiger partial charge on any atom is 0.401 e. The van der Waals surface area contributed by atoms with Crippen molar-refractivity contribution in [1.29, 1.82) is 0 Å². The van der Waals surface area contributed by atoms with Crippen molar-refractivity contribution in [3.05, 3.63) is 0 Å². The minimum absolute atomic E-state index is 0.266. The lowest BCUT2D eigenvalue weighted by atomic mass is 9.98. The SMILES string of the molecule is CC(C)C(CBr)CN(C)CC(F)(F)F. The molecule has 0 saturated carbocycles. The third-order valence-electron chi connectivity index (χ3n) is 2.14. The van der Waals surface area contributed by atoms with Crippen LogP contribution in [0.2, 0.25) is 0 Å². The molecule has 0 aromatic heterocycles. The fourth-order valence-electron chi connectivity index (χ4n) is 1.21. The van der Waals surface area contributed by atoms with Crippen LogP contribution in [0.3, 0.4) is 0 Å². The van der Waals surface area contributed by atoms with Crippen LogP contribution in [0.1, 0.15) is 13.8 Å². The zero-order chi connectivity index (χ0) is 11.4. The molecule has 0 rings (SSSR count). The first-order chi connectivity index (χ1) is 6.26. The molecule has 1 atom stereocenters. The van der Waals surface area contributed by atoms with Gasteiger partial charge in [0.25, 0.3) is 0 Å². The van der Waals surface area contributed by atoms with Gasteiger partial charge in [-0.15, -0.1) is 0 Å². The largest absolute Gasteiger partial charge is 0.401 e. The summed E-state index contributed by atoms with van der Waals surface area (Å²) in [5, 5.41) is 0.743. The van der Waals surface area contributed by atoms with Crippen molar-refractivity contribution in [2.24, 2.45) is 11.8 Å². The number of hydrogen-bond donors (Lipinski definition) is 0. The molecule has 1 unspecified atom stereocenters. The van der Waals surface area contributed by atoms with Crippen LogP contribution in [0.5, 0.6) is 0 Å². The number of hydrogen-bond acceptors (Lipinski definition) is 1. The lowest BCUT2D eigenvalue weighted by molar-refractivity contribution is -0.144. The summed E-state index contributed by atoms with van der Waals surface area (Å²) in [6, 6.07) is 0. The van der Waals surface area contributed by atoms with Gasteiger partial charge in [0.1, 0.15) is 0 Å². The lowest BCUT2D eigenvalue weighted by Gasteiger charge is -2.25. The summed E-state index contributed by atoms with van der Waals surface area (Å²) >= 11 is 3.32. The Morgan fingerprint density at radius 2 is 1.79 bits per heavy atom. The molecule has 0 bridgehead atoms. The number of alkyl halides is 4. The second kappa shape index (κ2) is 5.95. The van der Waals surface area contributed by atoms with Crippen molar-refractivity contribution in [2.45, 2.75) is 20.0 Å². The van der Waals surface area contributed by atoms with Gasteiger partial charge in [0.2, 0.25) is 0 Å². The average Bonchev–Trinajstić information content (AvgIpc) is 1.96. The fraction of sp³-hybridized carbons (Fsp3) is 1.00. The number of halogens is 4. The van der Waals surface area contributed by atoms with Crippen LogP contribution in [0.15, 0.2) is 0 Å². The van der Waals surface area contributed by atoms with Crippen LogP contribution in [-0.2, 0) is 0 Å². The second-order valence-electron chi connectivity index (χ2n) is 3.97. The van der Waals surface area contributed by atoms with E-state index >= 15 is 0 Å². The Labute approximate surface area is 91.8 Å². The van der Waals surface area contributed by atoms with Gasteiger partial charge in [-0.25, -0.2) is 0 Å². The maximum atomic E-state index is 12.0. The van der Waals surface area contributed by atoms with Crippen LogP contribution in [-0.4, -0.2) is 36.5 Å². The fourth-order valence-corrected chi connectivity index (χ4v) is 2.16. The van der Waals surface area contributed by atoms with Gasteiger partial charge in [0.15, 0.2) is 0 Å². The normalized spacial score (nSPS) is 15.2. The Balaban J connectivity index is 3.97. The molecule has 0 aromatic rings. The minimum atomic E-state index is -4.09. The molecule has 0 aromatic carbocycles. The number of rotatable bonds is 5. The van der Waals surface area contributed by atoms with E-state index < -0.39 is 12.7 Å². The standard InChI is InChI=1S/C9H17BrF3N/c1-7(2)8(4-10)5-14(3)6-9(11,12)13/h7-8H,4-6H2,1-3H3. The highest BCUT2D eigenvalue weighted by Crippen LogP contribution is 2.19. The van der Waals surface area contributed by atoms with E-state index in [1.165, 1.54) is 11.9 Å². The first-order valence-corrected chi connectivity index (χ1v) is 5.69. The summed E-state index contributed by atoms with van der Waals surface area (Å²) < 4.78 is 36.0. The predicted octanol–water partition coefficient (Wildman–Crippen LogP) is 3.15. The summed E-state index contributed by atoms with van der Waals surface area (Å²) in [4.78, 5) is 1.33. The molecule has 0 heterocycles. The molecule has 5 heteroatoms. The first kappa shape index (κ1) is 14.2. The molecule has 0 spiro atoms. The molecule has 0 fully saturated rings. The molecule has 0 N–H and O–H groups in total. The molecule has 0 saturated heterocycles. The Morgan fingerprint density at radius 1 is 1.29 bits per heavy atom. The zero-order valence-electron chi connectivity index (χ0n) is 8.74. The van der Waals surface area contributed by atoms with Gasteiger partial charge in [-0.05, 0) is 18.9 Å². The van der Waals surface area contributed by atoms with Crippen molar-refractivity contribution in [3.8, 4) is 0 Å². The van der Waals surface area contributed by atoms with Gasteiger partial charge in [-0.1, -0.05) is 29.8 Å². The van der Waals surface area contributed by atoms with Crippen molar-refractivity contribution in [1.82, 2.24) is 4.90 Å². The summed E-state index contributed by atoms with van der Waals surface area (Å²) in [5.74, 6) is 0.660. The average molecular weight is 276 g/mol. The first-order valence-electron chi connectivity index (χ1n) is 4.57. The van der Waals surface area contributed by atoms with Crippen LogP contribution in [0.25, 0.3) is 0 Å². The molecule has 0 aliphatic carbocycles. The Morgan fingerprint density at radius 3 is 2.07 bits per heavy atom. The highest BCUT2D eigenvalue weighted by atomic mass is 79.9. The Bertz CT molecular complexity index is 159. The molecule has 14 heavy (non-hydrogen) atoms. The molecule has 86 valence electrons. The second-order valence-corrected chi connectivity index (χ2v) is 4.62. The topological polar surface area (TPSA) is 3.24 Å². The Hall–Kier alpha value is 0.230. The van der Waals surface area contributed by atoms with Crippen molar-refractivity contribution < 1.29 is 13.2 Å². The van der Waals surface area contributed by atoms with Gasteiger partial charge < -0.3 is 0 Å². The van der Waals surface area contributed by atoms with E-state index in [9.17, 15) is 13.2 Å². The van der Waals surface area contributed by atoms with E-state index in [0.29, 0.717) is 12.5 Å². The molecular weight excluding hydrogens is 259 g/mol. The molecule has 0 radical (unpaired) electrons. The smallest absolute Gasteiger partial charge is 0.298 e. The van der Waals surface area contributed by atoms with Crippen LogP contribution in [0.4, 0.5) is 13.2 Å². The molecule has 0 aliphatic heterocycles. The summed E-state index contributed by atoms with van der Waals surface area (Å²) in [5.41, 5.74) is 0. The van der Waals surface area contributed by atoms with Crippen LogP contribution in [0, 0.1) is 11.8 Å². The van der Waals surface area contributed by atoms with E-state index in [1.54, 1.807) is 0 Å². The van der Waals surface area contributed by atoms with Crippen LogP contribution >= 0.6 is 15.9 Å².